The number of carbonyl (C=O) groups is 2. The molecule has 1 aliphatic carbocycles. The normalized spacial score (nSPS) is 36.6. The van der Waals surface area contributed by atoms with Gasteiger partial charge in [0.15, 0.2) is 31.3 Å². The lowest BCUT2D eigenvalue weighted by Gasteiger charge is -2.49. The Morgan fingerprint density at radius 1 is 0.396 bits per heavy atom. The molecule has 18 N–H and O–H groups in total. The number of carbonyl (C=O) groups excluding carboxylic acids is 2. The Hall–Kier alpha value is -2.47. The number of aliphatic hydroxyl groups is 17. The molecule has 0 bridgehead atoms. The summed E-state index contributed by atoms with van der Waals surface area (Å²) in [5.74, 6) is -1.46. The molecule has 28 atom stereocenters. The van der Waals surface area contributed by atoms with Crippen molar-refractivity contribution in [3.8, 4) is 0 Å². The Balaban J connectivity index is 1.29. The van der Waals surface area contributed by atoms with Gasteiger partial charge in [0.05, 0.1) is 33.0 Å². The third kappa shape index (κ3) is 28.9. The van der Waals surface area contributed by atoms with Gasteiger partial charge in [-0.05, 0) is 38.5 Å². The number of unbranched alkanes of at least 4 members (excludes halogenated alkanes) is 20. The Labute approximate surface area is 590 Å². The fraction of sp³-hybridized carbons (Fsp3) is 0.910. The van der Waals surface area contributed by atoms with E-state index >= 15 is 0 Å². The van der Waals surface area contributed by atoms with Crippen LogP contribution in [0, 0.1) is 0 Å². The summed E-state index contributed by atoms with van der Waals surface area (Å²) >= 11 is 0. The molecule has 0 aromatic heterocycles. The lowest BCUT2D eigenvalue weighted by Crippen LogP contribution is -2.69. The average molecular weight is 1480 g/mol. The number of rotatable bonds is 48. The summed E-state index contributed by atoms with van der Waals surface area (Å²) in [5.41, 5.74) is 0. The van der Waals surface area contributed by atoms with Gasteiger partial charge in [0, 0.05) is 12.8 Å². The Kier molecular flexibility index (Phi) is 41.8. The molecule has 4 heterocycles. The first-order valence-corrected chi connectivity index (χ1v) is 37.7. The van der Waals surface area contributed by atoms with E-state index in [9.17, 15) is 106 Å². The lowest BCUT2D eigenvalue weighted by atomic mass is 9.84. The zero-order chi connectivity index (χ0) is 74.2. The molecule has 34 heteroatoms. The van der Waals surface area contributed by atoms with Gasteiger partial charge in [-0.2, -0.15) is 0 Å². The molecule has 0 radical (unpaired) electrons. The molecule has 0 aromatic rings. The molecule has 0 spiro atoms. The number of hydrogen-bond donors (Lipinski definition) is 18. The molecule has 1 saturated carbocycles. The van der Waals surface area contributed by atoms with Crippen LogP contribution in [0.2, 0.25) is 0 Å². The SMILES string of the molecule is CCC/C=C\C/C=C\CCCCCCCC(=O)O[C@H](COC(=O)CCCCCCCCCCCCCCCCC)COP(=O)(O)O[C@@H]1C(O[C@@H]2OC(CO[C@@H]3OC(CO[C@@H]4OC(CO)[C@H](O)C(O)[C@@H]4O)[C@H](O)C(O)[C@@H]3O)[C@H](O)C(O)[C@@H]2O)C(O)[C@@H](O)C(O)[C@H]1O[C@H]1OC(CO)[C@@H](O)C(O)[C@H]1O. The van der Waals surface area contributed by atoms with E-state index < -0.39 is 225 Å². The van der Waals surface area contributed by atoms with Crippen LogP contribution in [0.15, 0.2) is 24.3 Å². The van der Waals surface area contributed by atoms with E-state index in [2.05, 4.69) is 38.2 Å². The van der Waals surface area contributed by atoms with Gasteiger partial charge >= 0.3 is 19.8 Å². The number of ether oxygens (including phenoxy) is 10. The van der Waals surface area contributed by atoms with Crippen LogP contribution in [-0.4, -0.2) is 309 Å². The fourth-order valence-corrected chi connectivity index (χ4v) is 13.4. The maximum atomic E-state index is 14.4. The van der Waals surface area contributed by atoms with Gasteiger partial charge in [-0.25, -0.2) is 4.57 Å². The van der Waals surface area contributed by atoms with Crippen molar-refractivity contribution in [2.24, 2.45) is 0 Å². The zero-order valence-electron chi connectivity index (χ0n) is 58.1. The molecule has 0 amide bonds. The van der Waals surface area contributed by atoms with Gasteiger partial charge in [-0.15, -0.1) is 0 Å². The van der Waals surface area contributed by atoms with Gasteiger partial charge < -0.3 is 139 Å². The van der Waals surface area contributed by atoms with E-state index in [1.165, 1.54) is 57.8 Å². The van der Waals surface area contributed by atoms with Crippen LogP contribution in [0.5, 0.6) is 0 Å². The van der Waals surface area contributed by atoms with Crippen molar-refractivity contribution in [2.75, 3.05) is 39.6 Å². The second-order valence-corrected chi connectivity index (χ2v) is 28.3. The van der Waals surface area contributed by atoms with Crippen molar-refractivity contribution in [3.63, 3.8) is 0 Å². The second kappa shape index (κ2) is 47.4. The summed E-state index contributed by atoms with van der Waals surface area (Å²) in [5, 5.41) is 183. The molecule has 590 valence electrons. The first kappa shape index (κ1) is 89.2. The van der Waals surface area contributed by atoms with Crippen LogP contribution in [0.1, 0.15) is 181 Å². The van der Waals surface area contributed by atoms with Crippen molar-refractivity contribution >= 4 is 19.8 Å². The minimum absolute atomic E-state index is 0.00526. The molecular weight excluding hydrogens is 1360 g/mol. The van der Waals surface area contributed by atoms with Crippen LogP contribution < -0.4 is 0 Å². The summed E-state index contributed by atoms with van der Waals surface area (Å²) in [6.45, 7) is -0.995. The maximum Gasteiger partial charge on any atom is 0.472 e. The average Bonchev–Trinajstić information content (AvgIpc) is 0.762. The molecule has 33 nitrogen and oxygen atoms in total. The van der Waals surface area contributed by atoms with Gasteiger partial charge in [-0.3, -0.25) is 18.6 Å². The molecule has 12 unspecified atom stereocenters. The summed E-state index contributed by atoms with van der Waals surface area (Å²) in [6, 6.07) is 0. The molecule has 5 rings (SSSR count). The highest BCUT2D eigenvalue weighted by Gasteiger charge is 2.59. The van der Waals surface area contributed by atoms with E-state index in [1.807, 2.05) is 0 Å². The topological polar surface area (TPSA) is 526 Å². The standard InChI is InChI=1S/C67H119O33P/c1-3-5-7-9-11-13-15-17-18-20-21-23-25-27-29-31-44(70)89-35-39(93-45(71)32-30-28-26-24-22-19-16-14-12-10-8-6-4-2)36-92-101(87,88)100-63-61(98-66-59(85)51(77)47(73)41(34-69)95-66)55(81)54(80)56(82)62(63)99-67-60(86)53(79)49(75)43(97-67)38-91-65-58(84)52(78)48(74)42(96-65)37-90-64-57(83)50(76)46(72)40(33-68)94-64/h8,10,14,16,39-43,46-69,72-86H,3-7,9,11-13,15,17-38H2,1-2H3,(H,87,88)/b10-8-,16-14-/t39-,40?,41?,42?,43?,46+,47-,48+,49+,50?,51?,52?,53?,54+,55?,56?,57+,58+,59-,60+,61-,62?,63+,64-,65-,66-,67+/m1/s1. The first-order chi connectivity index (χ1) is 48.3. The van der Waals surface area contributed by atoms with Crippen molar-refractivity contribution in [1.82, 2.24) is 0 Å². The molecule has 5 fully saturated rings. The van der Waals surface area contributed by atoms with Crippen LogP contribution in [-0.2, 0) is 70.6 Å². The summed E-state index contributed by atoms with van der Waals surface area (Å²) in [6.07, 6.45) is -23.5. The zero-order valence-corrected chi connectivity index (χ0v) is 59.0. The molecular formula is C67H119O33P. The number of allylic oxidation sites excluding steroid dienone is 4. The predicted molar refractivity (Wildman–Crippen MR) is 352 cm³/mol. The highest BCUT2D eigenvalue weighted by molar-refractivity contribution is 7.47. The molecule has 4 aliphatic heterocycles. The molecule has 101 heavy (non-hydrogen) atoms. The number of aliphatic hydroxyl groups excluding tert-OH is 17. The fourth-order valence-electron chi connectivity index (χ4n) is 12.4. The number of phosphoric ester groups is 1. The summed E-state index contributed by atoms with van der Waals surface area (Å²) in [4.78, 5) is 38.1. The smallest absolute Gasteiger partial charge is 0.462 e. The van der Waals surface area contributed by atoms with Crippen LogP contribution >= 0.6 is 7.82 Å². The number of esters is 2. The molecule has 4 saturated heterocycles. The minimum Gasteiger partial charge on any atom is -0.462 e. The largest absolute Gasteiger partial charge is 0.472 e. The quantitative estimate of drug-likeness (QED) is 0.0156. The van der Waals surface area contributed by atoms with Gasteiger partial charge in [0.2, 0.25) is 0 Å². The number of phosphoric acid groups is 1. The summed E-state index contributed by atoms with van der Waals surface area (Å²) < 4.78 is 81.4. The Bertz CT molecular complexity index is 2360. The van der Waals surface area contributed by atoms with Gasteiger partial charge in [0.25, 0.3) is 0 Å². The van der Waals surface area contributed by atoms with E-state index in [0.29, 0.717) is 19.3 Å². The Morgan fingerprint density at radius 3 is 1.21 bits per heavy atom. The third-order valence-electron chi connectivity index (χ3n) is 18.7. The van der Waals surface area contributed by atoms with E-state index in [-0.39, 0.29) is 12.8 Å². The third-order valence-corrected chi connectivity index (χ3v) is 19.7. The highest BCUT2D eigenvalue weighted by Crippen LogP contribution is 2.49. The van der Waals surface area contributed by atoms with Crippen LogP contribution in [0.25, 0.3) is 0 Å². The Morgan fingerprint density at radius 2 is 0.762 bits per heavy atom. The summed E-state index contributed by atoms with van der Waals surface area (Å²) in [7, 11) is -5.82. The van der Waals surface area contributed by atoms with Crippen molar-refractivity contribution in [3.05, 3.63) is 24.3 Å². The van der Waals surface area contributed by atoms with E-state index in [0.717, 1.165) is 77.0 Å². The first-order valence-electron chi connectivity index (χ1n) is 36.2. The van der Waals surface area contributed by atoms with Crippen molar-refractivity contribution < 1.29 is 162 Å². The lowest BCUT2D eigenvalue weighted by molar-refractivity contribution is -0.365. The monoisotopic (exact) mass is 1480 g/mol. The molecule has 0 aromatic carbocycles. The second-order valence-electron chi connectivity index (χ2n) is 26.9. The van der Waals surface area contributed by atoms with E-state index in [1.54, 1.807) is 0 Å². The van der Waals surface area contributed by atoms with Crippen molar-refractivity contribution in [1.29, 1.82) is 0 Å². The van der Waals surface area contributed by atoms with Crippen molar-refractivity contribution in [2.45, 2.75) is 346 Å². The number of hydrogen-bond acceptors (Lipinski definition) is 32. The minimum atomic E-state index is -5.82. The van der Waals surface area contributed by atoms with Crippen LogP contribution in [0.4, 0.5) is 0 Å². The molecule has 5 aliphatic rings. The predicted octanol–water partition coefficient (Wildman–Crippen LogP) is -0.647. The van der Waals surface area contributed by atoms with Gasteiger partial charge in [-0.1, -0.05) is 154 Å². The van der Waals surface area contributed by atoms with E-state index in [4.69, 9.17) is 56.4 Å². The van der Waals surface area contributed by atoms with Crippen LogP contribution in [0.3, 0.4) is 0 Å². The highest BCUT2D eigenvalue weighted by atomic mass is 31.2. The maximum absolute atomic E-state index is 14.4. The van der Waals surface area contributed by atoms with Gasteiger partial charge in [0.1, 0.15) is 141 Å².